The van der Waals surface area contributed by atoms with Crippen molar-refractivity contribution in [2.24, 2.45) is 17.6 Å². The molecule has 2 heterocycles. The predicted octanol–water partition coefficient (Wildman–Crippen LogP) is 1.04. The third-order valence-corrected chi connectivity index (χ3v) is 3.41. The van der Waals surface area contributed by atoms with Crippen molar-refractivity contribution in [1.82, 2.24) is 4.98 Å². The number of fused-ring (bicyclic) bond motifs is 1. The van der Waals surface area contributed by atoms with Crippen LogP contribution in [0.3, 0.4) is 0 Å². The van der Waals surface area contributed by atoms with Crippen molar-refractivity contribution in [2.45, 2.75) is 20.0 Å². The number of aromatic nitrogens is 1. The molecule has 1 aromatic heterocycles. The molecule has 2 rings (SSSR count). The molecule has 0 fully saturated rings. The standard InChI is InChI=1S/C13H19N3O2/c1-8(2)9(7-14)11-13(17)16(3)12-10(18-11)5-4-6-15-12/h4-6,8-9,11H,7,14H2,1-3H3. The first kappa shape index (κ1) is 12.8. The van der Waals surface area contributed by atoms with E-state index in [4.69, 9.17) is 10.5 Å². The monoisotopic (exact) mass is 249 g/mol. The number of rotatable bonds is 3. The number of ether oxygens (including phenoxy) is 1. The number of carbonyl (C=O) groups is 1. The molecule has 98 valence electrons. The van der Waals surface area contributed by atoms with Crippen LogP contribution in [0, 0.1) is 11.8 Å². The number of amides is 1. The summed E-state index contributed by atoms with van der Waals surface area (Å²) in [4.78, 5) is 18.0. The molecule has 1 aliphatic rings. The number of pyridine rings is 1. The number of nitrogens with zero attached hydrogens (tertiary/aromatic N) is 2. The van der Waals surface area contributed by atoms with E-state index in [0.717, 1.165) is 0 Å². The number of hydrogen-bond donors (Lipinski definition) is 1. The highest BCUT2D eigenvalue weighted by Crippen LogP contribution is 2.33. The van der Waals surface area contributed by atoms with Crippen LogP contribution in [0.25, 0.3) is 0 Å². The summed E-state index contributed by atoms with van der Waals surface area (Å²) in [6.45, 7) is 4.53. The Morgan fingerprint density at radius 1 is 1.56 bits per heavy atom. The Labute approximate surface area is 107 Å². The number of anilines is 1. The van der Waals surface area contributed by atoms with Gasteiger partial charge >= 0.3 is 0 Å². The zero-order valence-corrected chi connectivity index (χ0v) is 11.0. The minimum absolute atomic E-state index is 0.00769. The molecule has 0 aliphatic carbocycles. The molecule has 18 heavy (non-hydrogen) atoms. The maximum Gasteiger partial charge on any atom is 0.269 e. The molecule has 0 saturated carbocycles. The van der Waals surface area contributed by atoms with Gasteiger partial charge in [0.15, 0.2) is 17.7 Å². The van der Waals surface area contributed by atoms with Gasteiger partial charge in [-0.3, -0.25) is 9.69 Å². The van der Waals surface area contributed by atoms with Gasteiger partial charge in [0, 0.05) is 19.2 Å². The Kier molecular flexibility index (Phi) is 3.52. The Balaban J connectivity index is 2.34. The smallest absolute Gasteiger partial charge is 0.269 e. The minimum Gasteiger partial charge on any atom is -0.476 e. The van der Waals surface area contributed by atoms with E-state index in [-0.39, 0.29) is 17.7 Å². The second-order valence-corrected chi connectivity index (χ2v) is 4.90. The van der Waals surface area contributed by atoms with Gasteiger partial charge in [-0.1, -0.05) is 13.8 Å². The van der Waals surface area contributed by atoms with Crippen LogP contribution in [0.15, 0.2) is 18.3 Å². The SMILES string of the molecule is CC(C)C(CN)C1Oc2cccnc2N(C)C1=O. The summed E-state index contributed by atoms with van der Waals surface area (Å²) in [6.07, 6.45) is 1.13. The van der Waals surface area contributed by atoms with Crippen molar-refractivity contribution in [2.75, 3.05) is 18.5 Å². The van der Waals surface area contributed by atoms with Gasteiger partial charge in [-0.15, -0.1) is 0 Å². The third-order valence-electron chi connectivity index (χ3n) is 3.41. The van der Waals surface area contributed by atoms with Crippen molar-refractivity contribution >= 4 is 11.7 Å². The molecule has 0 radical (unpaired) electrons. The summed E-state index contributed by atoms with van der Waals surface area (Å²) >= 11 is 0. The molecule has 5 nitrogen and oxygen atoms in total. The highest BCUT2D eigenvalue weighted by molar-refractivity contribution is 5.98. The quantitative estimate of drug-likeness (QED) is 0.869. The van der Waals surface area contributed by atoms with Crippen LogP contribution >= 0.6 is 0 Å². The van der Waals surface area contributed by atoms with Gasteiger partial charge < -0.3 is 10.5 Å². The van der Waals surface area contributed by atoms with Crippen LogP contribution in [0.2, 0.25) is 0 Å². The van der Waals surface area contributed by atoms with Crippen LogP contribution in [0.4, 0.5) is 5.82 Å². The molecule has 0 saturated heterocycles. The van der Waals surface area contributed by atoms with E-state index < -0.39 is 6.10 Å². The lowest BCUT2D eigenvalue weighted by Crippen LogP contribution is -2.51. The second-order valence-electron chi connectivity index (χ2n) is 4.90. The normalized spacial score (nSPS) is 20.6. The fourth-order valence-electron chi connectivity index (χ4n) is 2.22. The molecular weight excluding hydrogens is 230 g/mol. The van der Waals surface area contributed by atoms with Crippen molar-refractivity contribution in [3.8, 4) is 5.75 Å². The molecule has 5 heteroatoms. The first-order valence-electron chi connectivity index (χ1n) is 6.15. The molecule has 2 atom stereocenters. The summed E-state index contributed by atoms with van der Waals surface area (Å²) < 4.78 is 5.80. The lowest BCUT2D eigenvalue weighted by atomic mass is 9.89. The molecule has 0 aromatic carbocycles. The van der Waals surface area contributed by atoms with E-state index in [2.05, 4.69) is 4.98 Å². The average molecular weight is 249 g/mol. The van der Waals surface area contributed by atoms with Gasteiger partial charge in [-0.05, 0) is 24.6 Å². The molecule has 2 N–H and O–H groups in total. The van der Waals surface area contributed by atoms with Gasteiger partial charge in [-0.25, -0.2) is 4.98 Å². The van der Waals surface area contributed by atoms with Gasteiger partial charge in [0.2, 0.25) is 0 Å². The van der Waals surface area contributed by atoms with Gasteiger partial charge in [0.25, 0.3) is 5.91 Å². The van der Waals surface area contributed by atoms with E-state index in [1.807, 2.05) is 19.9 Å². The third kappa shape index (κ3) is 2.06. The molecule has 2 unspecified atom stereocenters. The van der Waals surface area contributed by atoms with Crippen molar-refractivity contribution in [1.29, 1.82) is 0 Å². The number of carbonyl (C=O) groups excluding carboxylic acids is 1. The van der Waals surface area contributed by atoms with Crippen molar-refractivity contribution in [3.05, 3.63) is 18.3 Å². The number of likely N-dealkylation sites (N-methyl/N-ethyl adjacent to an activating group) is 1. The average Bonchev–Trinajstić information content (AvgIpc) is 2.36. The summed E-state index contributed by atoms with van der Waals surface area (Å²) in [5.41, 5.74) is 5.77. The first-order valence-corrected chi connectivity index (χ1v) is 6.15. The van der Waals surface area contributed by atoms with E-state index >= 15 is 0 Å². The minimum atomic E-state index is -0.517. The maximum absolute atomic E-state index is 12.3. The summed E-state index contributed by atoms with van der Waals surface area (Å²) in [5.74, 6) is 1.43. The Bertz CT molecular complexity index is 448. The van der Waals surface area contributed by atoms with E-state index in [9.17, 15) is 4.79 Å². The zero-order chi connectivity index (χ0) is 13.3. The Morgan fingerprint density at radius 2 is 2.28 bits per heavy atom. The molecular formula is C13H19N3O2. The van der Waals surface area contributed by atoms with Crippen LogP contribution in [-0.4, -0.2) is 30.6 Å². The fraction of sp³-hybridized carbons (Fsp3) is 0.538. The molecule has 0 spiro atoms. The predicted molar refractivity (Wildman–Crippen MR) is 69.4 cm³/mol. The largest absolute Gasteiger partial charge is 0.476 e. The summed E-state index contributed by atoms with van der Waals surface area (Å²) in [5, 5.41) is 0. The lowest BCUT2D eigenvalue weighted by molar-refractivity contribution is -0.129. The fourth-order valence-corrected chi connectivity index (χ4v) is 2.22. The summed E-state index contributed by atoms with van der Waals surface area (Å²) in [6, 6.07) is 3.62. The molecule has 1 amide bonds. The van der Waals surface area contributed by atoms with E-state index in [1.165, 1.54) is 0 Å². The van der Waals surface area contributed by atoms with E-state index in [0.29, 0.717) is 18.1 Å². The first-order chi connectivity index (χ1) is 8.56. The molecule has 0 bridgehead atoms. The van der Waals surface area contributed by atoms with Crippen molar-refractivity contribution < 1.29 is 9.53 Å². The molecule has 1 aromatic rings. The van der Waals surface area contributed by atoms with Crippen LogP contribution in [-0.2, 0) is 4.79 Å². The van der Waals surface area contributed by atoms with Crippen molar-refractivity contribution in [3.63, 3.8) is 0 Å². The lowest BCUT2D eigenvalue weighted by Gasteiger charge is -2.36. The molecule has 1 aliphatic heterocycles. The highest BCUT2D eigenvalue weighted by Gasteiger charge is 2.39. The van der Waals surface area contributed by atoms with Crippen LogP contribution in [0.1, 0.15) is 13.8 Å². The van der Waals surface area contributed by atoms with Gasteiger partial charge in [0.05, 0.1) is 0 Å². The summed E-state index contributed by atoms with van der Waals surface area (Å²) in [7, 11) is 1.72. The highest BCUT2D eigenvalue weighted by atomic mass is 16.5. The number of hydrogen-bond acceptors (Lipinski definition) is 4. The maximum atomic E-state index is 12.3. The second kappa shape index (κ2) is 4.94. The van der Waals surface area contributed by atoms with Gasteiger partial charge in [-0.2, -0.15) is 0 Å². The Morgan fingerprint density at radius 3 is 2.89 bits per heavy atom. The zero-order valence-electron chi connectivity index (χ0n) is 11.0. The van der Waals surface area contributed by atoms with E-state index in [1.54, 1.807) is 24.2 Å². The Hall–Kier alpha value is -1.62. The topological polar surface area (TPSA) is 68.5 Å². The van der Waals surface area contributed by atoms with Crippen LogP contribution in [0.5, 0.6) is 5.75 Å². The van der Waals surface area contributed by atoms with Gasteiger partial charge in [0.1, 0.15) is 0 Å². The number of nitrogens with two attached hydrogens (primary N) is 1. The van der Waals surface area contributed by atoms with Crippen LogP contribution < -0.4 is 15.4 Å².